The standard InChI is InChI=1S/C13H10ClN3/c14-9-2-1-3-10(8-9)17-12-6-7-16-11(12)4-5-13(17)15/h1-8H,(H2,15,16)/p+1. The smallest absolute Gasteiger partial charge is 0.278 e. The topological polar surface area (TPSA) is 45.7 Å². The summed E-state index contributed by atoms with van der Waals surface area (Å²) >= 11 is 6.01. The summed E-state index contributed by atoms with van der Waals surface area (Å²) < 4.78 is 1.97. The van der Waals surface area contributed by atoms with Crippen LogP contribution < -0.4 is 10.3 Å². The van der Waals surface area contributed by atoms with Crippen molar-refractivity contribution in [2.75, 3.05) is 5.73 Å². The highest BCUT2D eigenvalue weighted by Gasteiger charge is 2.13. The van der Waals surface area contributed by atoms with E-state index in [0.29, 0.717) is 10.8 Å². The Morgan fingerprint density at radius 2 is 2.00 bits per heavy atom. The molecule has 1 aromatic carbocycles. The van der Waals surface area contributed by atoms with Crippen LogP contribution in [0.3, 0.4) is 0 Å². The number of nitrogens with one attached hydrogen (secondary N) is 1. The first-order valence-corrected chi connectivity index (χ1v) is 5.67. The Kier molecular flexibility index (Phi) is 2.27. The van der Waals surface area contributed by atoms with E-state index in [0.717, 1.165) is 16.7 Å². The Morgan fingerprint density at radius 1 is 1.12 bits per heavy atom. The van der Waals surface area contributed by atoms with Crippen LogP contribution in [-0.4, -0.2) is 4.98 Å². The van der Waals surface area contributed by atoms with Crippen LogP contribution in [0.25, 0.3) is 16.7 Å². The molecule has 0 atom stereocenters. The van der Waals surface area contributed by atoms with Gasteiger partial charge in [-0.1, -0.05) is 17.7 Å². The second-order valence-electron chi connectivity index (χ2n) is 3.85. The maximum atomic E-state index is 6.03. The van der Waals surface area contributed by atoms with Gasteiger partial charge in [-0.2, -0.15) is 4.57 Å². The Balaban J connectivity index is 2.36. The fourth-order valence-electron chi connectivity index (χ4n) is 1.99. The van der Waals surface area contributed by atoms with Crippen molar-refractivity contribution in [2.45, 2.75) is 0 Å². The lowest BCUT2D eigenvalue weighted by molar-refractivity contribution is -0.551. The van der Waals surface area contributed by atoms with Crippen LogP contribution in [0, 0.1) is 0 Å². The monoisotopic (exact) mass is 244 g/mol. The maximum Gasteiger partial charge on any atom is 0.278 e. The van der Waals surface area contributed by atoms with Crippen molar-refractivity contribution < 1.29 is 4.57 Å². The number of pyridine rings is 1. The molecule has 0 saturated heterocycles. The molecule has 0 aliphatic heterocycles. The second-order valence-corrected chi connectivity index (χ2v) is 4.29. The molecular weight excluding hydrogens is 234 g/mol. The molecule has 2 aromatic heterocycles. The zero-order valence-electron chi connectivity index (χ0n) is 9.02. The fraction of sp³-hybridized carbons (Fsp3) is 0. The predicted octanol–water partition coefficient (Wildman–Crippen LogP) is 2.68. The third kappa shape index (κ3) is 1.65. The number of hydrogen-bond acceptors (Lipinski definition) is 1. The van der Waals surface area contributed by atoms with Crippen LogP contribution in [0.1, 0.15) is 0 Å². The van der Waals surface area contributed by atoms with Gasteiger partial charge in [0, 0.05) is 29.4 Å². The van der Waals surface area contributed by atoms with Gasteiger partial charge in [0.2, 0.25) is 0 Å². The van der Waals surface area contributed by atoms with Gasteiger partial charge >= 0.3 is 0 Å². The van der Waals surface area contributed by atoms with E-state index in [9.17, 15) is 0 Å². The van der Waals surface area contributed by atoms with Crippen LogP contribution in [0.5, 0.6) is 0 Å². The van der Waals surface area contributed by atoms with Gasteiger partial charge in [0.05, 0.1) is 5.52 Å². The molecule has 3 nitrogen and oxygen atoms in total. The van der Waals surface area contributed by atoms with E-state index in [1.807, 2.05) is 53.2 Å². The van der Waals surface area contributed by atoms with E-state index >= 15 is 0 Å². The average Bonchev–Trinajstić information content (AvgIpc) is 2.76. The quantitative estimate of drug-likeness (QED) is 0.635. The van der Waals surface area contributed by atoms with Gasteiger partial charge in [0.15, 0.2) is 5.52 Å². The summed E-state index contributed by atoms with van der Waals surface area (Å²) in [6, 6.07) is 13.5. The SMILES string of the molecule is Nc1ccc2[nH]ccc2[n+]1-c1cccc(Cl)c1. The summed E-state index contributed by atoms with van der Waals surface area (Å²) in [5, 5.41) is 0.696. The minimum Gasteiger partial charge on any atom is -0.358 e. The van der Waals surface area contributed by atoms with Gasteiger partial charge in [-0.3, -0.25) is 5.73 Å². The summed E-state index contributed by atoms with van der Waals surface area (Å²) in [7, 11) is 0. The zero-order valence-corrected chi connectivity index (χ0v) is 9.78. The second kappa shape index (κ2) is 3.79. The molecule has 84 valence electrons. The summed E-state index contributed by atoms with van der Waals surface area (Å²) in [5.74, 6) is 0.680. The number of nitrogen functional groups attached to an aromatic ring is 1. The predicted molar refractivity (Wildman–Crippen MR) is 69.3 cm³/mol. The number of fused-ring (bicyclic) bond motifs is 1. The number of nitrogens with zero attached hydrogens (tertiary/aromatic N) is 1. The summed E-state index contributed by atoms with van der Waals surface area (Å²) in [5.41, 5.74) is 9.07. The largest absolute Gasteiger partial charge is 0.358 e. The highest BCUT2D eigenvalue weighted by molar-refractivity contribution is 6.30. The van der Waals surface area contributed by atoms with Crippen molar-refractivity contribution in [2.24, 2.45) is 0 Å². The Bertz CT molecular complexity index is 688. The van der Waals surface area contributed by atoms with Crippen LogP contribution in [0.4, 0.5) is 5.82 Å². The van der Waals surface area contributed by atoms with E-state index in [1.54, 1.807) is 0 Å². The van der Waals surface area contributed by atoms with Gasteiger partial charge in [-0.25, -0.2) is 0 Å². The highest BCUT2D eigenvalue weighted by atomic mass is 35.5. The molecule has 0 fully saturated rings. The van der Waals surface area contributed by atoms with Crippen molar-refractivity contribution in [1.82, 2.24) is 4.98 Å². The van der Waals surface area contributed by atoms with Crippen LogP contribution in [-0.2, 0) is 0 Å². The molecule has 0 aliphatic rings. The lowest BCUT2D eigenvalue weighted by Gasteiger charge is -2.04. The maximum absolute atomic E-state index is 6.03. The van der Waals surface area contributed by atoms with Crippen molar-refractivity contribution in [1.29, 1.82) is 0 Å². The van der Waals surface area contributed by atoms with Crippen molar-refractivity contribution >= 4 is 28.5 Å². The number of anilines is 1. The van der Waals surface area contributed by atoms with Gasteiger partial charge < -0.3 is 4.98 Å². The number of aromatic amines is 1. The molecule has 17 heavy (non-hydrogen) atoms. The first kappa shape index (κ1) is 10.2. The zero-order chi connectivity index (χ0) is 11.8. The molecule has 3 N–H and O–H groups in total. The number of H-pyrrole nitrogens is 1. The van der Waals surface area contributed by atoms with Crippen molar-refractivity contribution in [3.63, 3.8) is 0 Å². The molecule has 3 rings (SSSR count). The number of nitrogens with two attached hydrogens (primary N) is 1. The van der Waals surface area contributed by atoms with Gasteiger partial charge in [-0.15, -0.1) is 0 Å². The Labute approximate surface area is 103 Å². The molecule has 0 unspecified atom stereocenters. The Morgan fingerprint density at radius 3 is 2.82 bits per heavy atom. The van der Waals surface area contributed by atoms with Gasteiger partial charge in [0.25, 0.3) is 5.82 Å². The normalized spacial score (nSPS) is 10.9. The Hall–Kier alpha value is -2.00. The molecule has 3 aromatic rings. The molecule has 4 heteroatoms. The van der Waals surface area contributed by atoms with Crippen molar-refractivity contribution in [3.05, 3.63) is 53.7 Å². The lowest BCUT2D eigenvalue weighted by atomic mass is 10.2. The number of hydrogen-bond donors (Lipinski definition) is 2. The molecule has 0 bridgehead atoms. The average molecular weight is 245 g/mol. The summed E-state index contributed by atoms with van der Waals surface area (Å²) in [6.07, 6.45) is 1.89. The number of benzene rings is 1. The number of aromatic nitrogens is 2. The molecule has 0 radical (unpaired) electrons. The van der Waals surface area contributed by atoms with E-state index in [4.69, 9.17) is 17.3 Å². The van der Waals surface area contributed by atoms with Crippen molar-refractivity contribution in [3.8, 4) is 5.69 Å². The fourth-order valence-corrected chi connectivity index (χ4v) is 2.17. The van der Waals surface area contributed by atoms with E-state index in [1.165, 1.54) is 0 Å². The van der Waals surface area contributed by atoms with Gasteiger partial charge in [0.1, 0.15) is 5.69 Å². The van der Waals surface area contributed by atoms with E-state index in [-0.39, 0.29) is 0 Å². The summed E-state index contributed by atoms with van der Waals surface area (Å²) in [6.45, 7) is 0. The molecule has 0 saturated carbocycles. The molecule has 0 amide bonds. The minimum atomic E-state index is 0.680. The van der Waals surface area contributed by atoms with E-state index < -0.39 is 0 Å². The molecule has 0 aliphatic carbocycles. The minimum absolute atomic E-state index is 0.680. The lowest BCUT2D eigenvalue weighted by Crippen LogP contribution is -2.34. The van der Waals surface area contributed by atoms with Crippen LogP contribution in [0.15, 0.2) is 48.7 Å². The molecular formula is C13H11ClN3+. The third-order valence-electron chi connectivity index (χ3n) is 2.74. The molecule has 2 heterocycles. The first-order valence-electron chi connectivity index (χ1n) is 5.29. The van der Waals surface area contributed by atoms with Crippen LogP contribution >= 0.6 is 11.6 Å². The highest BCUT2D eigenvalue weighted by Crippen LogP contribution is 2.16. The number of rotatable bonds is 1. The third-order valence-corrected chi connectivity index (χ3v) is 2.98. The first-order chi connectivity index (χ1) is 8.25. The van der Waals surface area contributed by atoms with E-state index in [2.05, 4.69) is 4.98 Å². The number of halogens is 1. The van der Waals surface area contributed by atoms with Gasteiger partial charge in [-0.05, 0) is 18.2 Å². The van der Waals surface area contributed by atoms with Crippen LogP contribution in [0.2, 0.25) is 5.02 Å². The summed E-state index contributed by atoms with van der Waals surface area (Å²) in [4.78, 5) is 3.16. The molecule has 0 spiro atoms.